The summed E-state index contributed by atoms with van der Waals surface area (Å²) in [5.41, 5.74) is 1.70. The summed E-state index contributed by atoms with van der Waals surface area (Å²) < 4.78 is 12.2. The maximum atomic E-state index is 11.7. The van der Waals surface area contributed by atoms with Crippen molar-refractivity contribution in [3.8, 4) is 6.07 Å². The molecule has 6 heteroatoms. The van der Waals surface area contributed by atoms with Crippen LogP contribution in [-0.2, 0) is 9.31 Å². The molecule has 1 saturated heterocycles. The maximum absolute atomic E-state index is 11.7. The SMILES string of the molecule is CNCC(=Cc1ccc(C(=O)CC#N)cc1)B1OC(C)(C)C(C)(C)O1. The molecule has 0 aliphatic carbocycles. The van der Waals surface area contributed by atoms with Crippen molar-refractivity contribution in [3.05, 3.63) is 40.9 Å². The van der Waals surface area contributed by atoms with E-state index < -0.39 is 18.3 Å². The molecule has 132 valence electrons. The second-order valence-electron chi connectivity index (χ2n) is 7.22. The molecule has 0 amide bonds. The molecule has 1 heterocycles. The summed E-state index contributed by atoms with van der Waals surface area (Å²) in [6.07, 6.45) is 1.91. The predicted molar refractivity (Wildman–Crippen MR) is 99.0 cm³/mol. The van der Waals surface area contributed by atoms with Crippen molar-refractivity contribution >= 4 is 19.0 Å². The van der Waals surface area contributed by atoms with E-state index in [0.29, 0.717) is 12.1 Å². The molecule has 0 atom stereocenters. The number of ketones is 1. The number of nitriles is 1. The Balaban J connectivity index is 2.23. The number of rotatable bonds is 6. The first-order valence-electron chi connectivity index (χ1n) is 8.41. The Labute approximate surface area is 150 Å². The Morgan fingerprint density at radius 3 is 2.24 bits per heavy atom. The van der Waals surface area contributed by atoms with Gasteiger partial charge >= 0.3 is 7.12 Å². The van der Waals surface area contributed by atoms with E-state index in [0.717, 1.165) is 11.0 Å². The van der Waals surface area contributed by atoms with Crippen LogP contribution in [0.5, 0.6) is 0 Å². The topological polar surface area (TPSA) is 71.4 Å². The van der Waals surface area contributed by atoms with Crippen LogP contribution in [-0.4, -0.2) is 37.7 Å². The Morgan fingerprint density at radius 1 is 1.20 bits per heavy atom. The van der Waals surface area contributed by atoms with Gasteiger partial charge in [0.1, 0.15) is 0 Å². The number of carbonyl (C=O) groups is 1. The van der Waals surface area contributed by atoms with E-state index in [1.807, 2.05) is 59.0 Å². The molecule has 2 rings (SSSR count). The van der Waals surface area contributed by atoms with Crippen LogP contribution in [0.1, 0.15) is 50.0 Å². The van der Waals surface area contributed by atoms with Crippen molar-refractivity contribution in [1.82, 2.24) is 5.32 Å². The summed E-state index contributed by atoms with van der Waals surface area (Å²) in [5, 5.41) is 11.8. The zero-order valence-corrected chi connectivity index (χ0v) is 15.6. The number of Topliss-reactive ketones (excluding diaryl/α,β-unsaturated/α-hetero) is 1. The van der Waals surface area contributed by atoms with Crippen LogP contribution in [0.4, 0.5) is 0 Å². The van der Waals surface area contributed by atoms with Gasteiger partial charge in [-0.25, -0.2) is 0 Å². The highest BCUT2D eigenvalue weighted by atomic mass is 16.7. The van der Waals surface area contributed by atoms with Crippen LogP contribution in [0.15, 0.2) is 29.7 Å². The predicted octanol–water partition coefficient (Wildman–Crippen LogP) is 3.02. The second kappa shape index (κ2) is 7.53. The number of nitrogens with zero attached hydrogens (tertiary/aromatic N) is 1. The Hall–Kier alpha value is -1.94. The van der Waals surface area contributed by atoms with Crippen LogP contribution in [0.25, 0.3) is 6.08 Å². The highest BCUT2D eigenvalue weighted by Crippen LogP contribution is 2.38. The van der Waals surface area contributed by atoms with Gasteiger partial charge in [-0.15, -0.1) is 0 Å². The van der Waals surface area contributed by atoms with Crippen molar-refractivity contribution in [2.24, 2.45) is 0 Å². The fourth-order valence-corrected chi connectivity index (χ4v) is 2.55. The first-order chi connectivity index (χ1) is 11.7. The third-order valence-corrected chi connectivity index (χ3v) is 4.76. The molecule has 1 aromatic carbocycles. The zero-order valence-electron chi connectivity index (χ0n) is 15.6. The highest BCUT2D eigenvalue weighted by molar-refractivity contribution is 6.55. The van der Waals surface area contributed by atoms with Crippen LogP contribution in [0, 0.1) is 11.3 Å². The lowest BCUT2D eigenvalue weighted by atomic mass is 9.77. The lowest BCUT2D eigenvalue weighted by Crippen LogP contribution is -2.41. The molecule has 0 unspecified atom stereocenters. The summed E-state index contributed by atoms with van der Waals surface area (Å²) in [4.78, 5) is 11.7. The molecule has 0 radical (unpaired) electrons. The van der Waals surface area contributed by atoms with Crippen molar-refractivity contribution in [2.75, 3.05) is 13.6 Å². The Bertz CT molecular complexity index is 686. The molecule has 1 aliphatic heterocycles. The van der Waals surface area contributed by atoms with Gasteiger partial charge in [0.05, 0.1) is 23.7 Å². The maximum Gasteiger partial charge on any atom is 0.491 e. The average Bonchev–Trinajstić information content (AvgIpc) is 2.76. The van der Waals surface area contributed by atoms with Crippen LogP contribution >= 0.6 is 0 Å². The van der Waals surface area contributed by atoms with E-state index in [1.165, 1.54) is 0 Å². The summed E-state index contributed by atoms with van der Waals surface area (Å²) in [5.74, 6) is -0.167. The summed E-state index contributed by atoms with van der Waals surface area (Å²) in [7, 11) is 1.46. The highest BCUT2D eigenvalue weighted by Gasteiger charge is 2.52. The number of carbonyl (C=O) groups excluding carboxylic acids is 1. The first kappa shape index (κ1) is 19.4. The molecule has 1 fully saturated rings. The standard InChI is InChI=1S/C19H25BN2O3/c1-18(2)19(3,4)25-20(24-18)16(13-22-5)12-14-6-8-15(9-7-14)17(23)10-11-21/h6-9,12,22H,10,13H2,1-5H3. The number of likely N-dealkylation sites (N-methyl/N-ethyl adjacent to an activating group) is 1. The van der Waals surface area contributed by atoms with E-state index in [9.17, 15) is 4.79 Å². The van der Waals surface area contributed by atoms with Gasteiger partial charge in [0.25, 0.3) is 0 Å². The van der Waals surface area contributed by atoms with E-state index in [4.69, 9.17) is 14.6 Å². The summed E-state index contributed by atoms with van der Waals surface area (Å²) in [6.45, 7) is 8.74. The first-order valence-corrected chi connectivity index (χ1v) is 8.41. The molecule has 25 heavy (non-hydrogen) atoms. The smallest absolute Gasteiger partial charge is 0.400 e. The summed E-state index contributed by atoms with van der Waals surface area (Å²) in [6, 6.07) is 9.10. The van der Waals surface area contributed by atoms with Gasteiger partial charge in [0.15, 0.2) is 5.78 Å². The number of benzene rings is 1. The zero-order chi connectivity index (χ0) is 18.7. The third-order valence-electron chi connectivity index (χ3n) is 4.76. The quantitative estimate of drug-likeness (QED) is 0.637. The molecule has 1 aromatic rings. The van der Waals surface area contributed by atoms with Gasteiger partial charge in [-0.05, 0) is 45.8 Å². The van der Waals surface area contributed by atoms with E-state index in [-0.39, 0.29) is 12.2 Å². The number of nitrogens with one attached hydrogen (secondary N) is 1. The Morgan fingerprint density at radius 2 is 1.76 bits per heavy atom. The van der Waals surface area contributed by atoms with E-state index in [2.05, 4.69) is 5.32 Å². The lowest BCUT2D eigenvalue weighted by molar-refractivity contribution is 0.00578. The molecular formula is C19H25BN2O3. The third kappa shape index (κ3) is 4.37. The molecular weight excluding hydrogens is 315 g/mol. The number of hydrogen-bond donors (Lipinski definition) is 1. The molecule has 0 spiro atoms. The second-order valence-corrected chi connectivity index (χ2v) is 7.22. The monoisotopic (exact) mass is 340 g/mol. The van der Waals surface area contributed by atoms with Crippen LogP contribution in [0.2, 0.25) is 0 Å². The minimum atomic E-state index is -0.419. The van der Waals surface area contributed by atoms with Gasteiger partial charge in [-0.3, -0.25) is 4.79 Å². The minimum absolute atomic E-state index is 0.103. The van der Waals surface area contributed by atoms with E-state index >= 15 is 0 Å². The van der Waals surface area contributed by atoms with Crippen molar-refractivity contribution in [3.63, 3.8) is 0 Å². The van der Waals surface area contributed by atoms with Crippen molar-refractivity contribution < 1.29 is 14.1 Å². The fraction of sp³-hybridized carbons (Fsp3) is 0.474. The van der Waals surface area contributed by atoms with Crippen molar-refractivity contribution in [2.45, 2.75) is 45.3 Å². The van der Waals surface area contributed by atoms with Gasteiger partial charge in [0, 0.05) is 12.1 Å². The van der Waals surface area contributed by atoms with Crippen LogP contribution < -0.4 is 5.32 Å². The molecule has 0 saturated carbocycles. The van der Waals surface area contributed by atoms with Crippen molar-refractivity contribution in [1.29, 1.82) is 5.26 Å². The van der Waals surface area contributed by atoms with Gasteiger partial charge < -0.3 is 14.6 Å². The van der Waals surface area contributed by atoms with Gasteiger partial charge in [-0.2, -0.15) is 5.26 Å². The molecule has 1 N–H and O–H groups in total. The van der Waals surface area contributed by atoms with Gasteiger partial charge in [0.2, 0.25) is 0 Å². The van der Waals surface area contributed by atoms with Gasteiger partial charge in [-0.1, -0.05) is 30.3 Å². The molecule has 1 aliphatic rings. The van der Waals surface area contributed by atoms with Crippen LogP contribution in [0.3, 0.4) is 0 Å². The normalized spacial score (nSPS) is 18.9. The Kier molecular flexibility index (Phi) is 5.84. The summed E-state index contributed by atoms with van der Waals surface area (Å²) >= 11 is 0. The fourth-order valence-electron chi connectivity index (χ4n) is 2.55. The minimum Gasteiger partial charge on any atom is -0.400 e. The average molecular weight is 340 g/mol. The molecule has 5 nitrogen and oxygen atoms in total. The largest absolute Gasteiger partial charge is 0.491 e. The molecule has 0 bridgehead atoms. The number of hydrogen-bond acceptors (Lipinski definition) is 5. The molecule has 0 aromatic heterocycles. The lowest BCUT2D eigenvalue weighted by Gasteiger charge is -2.32. The van der Waals surface area contributed by atoms with E-state index in [1.54, 1.807) is 12.1 Å².